The molecule has 3 heteroatoms. The van der Waals surface area contributed by atoms with Crippen molar-refractivity contribution in [3.8, 4) is 5.75 Å². The first-order chi connectivity index (χ1) is 7.83. The molecule has 2 N–H and O–H groups in total. The molecule has 1 aromatic heterocycles. The van der Waals surface area contributed by atoms with E-state index >= 15 is 0 Å². The molecular formula is C13H14N2O. The Bertz CT molecular complexity index is 520. The van der Waals surface area contributed by atoms with Crippen LogP contribution in [0.1, 0.15) is 6.92 Å². The van der Waals surface area contributed by atoms with Crippen LogP contribution in [0.5, 0.6) is 5.75 Å². The van der Waals surface area contributed by atoms with Crippen molar-refractivity contribution in [3.05, 3.63) is 42.6 Å². The largest absolute Gasteiger partial charge is 0.489 e. The number of rotatable bonds is 3. The Labute approximate surface area is 94.6 Å². The summed E-state index contributed by atoms with van der Waals surface area (Å²) in [6.45, 7) is 2.52. The molecule has 1 aromatic carbocycles. The lowest BCUT2D eigenvalue weighted by Crippen LogP contribution is -1.96. The first-order valence-electron chi connectivity index (χ1n) is 5.20. The summed E-state index contributed by atoms with van der Waals surface area (Å²) in [5, 5.41) is 0.951. The average Bonchev–Trinajstić information content (AvgIpc) is 2.33. The van der Waals surface area contributed by atoms with Crippen molar-refractivity contribution in [1.82, 2.24) is 4.98 Å². The van der Waals surface area contributed by atoms with E-state index in [1.807, 2.05) is 43.3 Å². The summed E-state index contributed by atoms with van der Waals surface area (Å²) in [5.74, 6) is 0.815. The van der Waals surface area contributed by atoms with Crippen molar-refractivity contribution in [3.63, 3.8) is 0 Å². The molecule has 0 spiro atoms. The van der Waals surface area contributed by atoms with Gasteiger partial charge in [0.25, 0.3) is 0 Å². The van der Waals surface area contributed by atoms with E-state index in [0.717, 1.165) is 16.7 Å². The third kappa shape index (κ3) is 1.98. The SMILES string of the molecule is C/C=C/COc1ccc(N)c2ncccc12. The molecule has 82 valence electrons. The van der Waals surface area contributed by atoms with Crippen molar-refractivity contribution in [2.75, 3.05) is 12.3 Å². The van der Waals surface area contributed by atoms with Gasteiger partial charge in [-0.2, -0.15) is 0 Å². The highest BCUT2D eigenvalue weighted by atomic mass is 16.5. The summed E-state index contributed by atoms with van der Waals surface area (Å²) in [5.41, 5.74) is 7.31. The van der Waals surface area contributed by atoms with Gasteiger partial charge < -0.3 is 10.5 Å². The summed E-state index contributed by atoms with van der Waals surface area (Å²) in [6.07, 6.45) is 5.64. The van der Waals surface area contributed by atoms with E-state index in [0.29, 0.717) is 12.3 Å². The molecule has 0 saturated heterocycles. The lowest BCUT2D eigenvalue weighted by Gasteiger charge is -2.08. The van der Waals surface area contributed by atoms with Gasteiger partial charge in [0.2, 0.25) is 0 Å². The van der Waals surface area contributed by atoms with E-state index in [4.69, 9.17) is 10.5 Å². The van der Waals surface area contributed by atoms with Crippen molar-refractivity contribution in [2.45, 2.75) is 6.92 Å². The predicted molar refractivity (Wildman–Crippen MR) is 66.5 cm³/mol. The van der Waals surface area contributed by atoms with Crippen LogP contribution in [0, 0.1) is 0 Å². The zero-order valence-electron chi connectivity index (χ0n) is 9.18. The first-order valence-corrected chi connectivity index (χ1v) is 5.20. The van der Waals surface area contributed by atoms with Crippen LogP contribution in [0.25, 0.3) is 10.9 Å². The second-order valence-electron chi connectivity index (χ2n) is 3.43. The smallest absolute Gasteiger partial charge is 0.129 e. The number of nitrogens with zero attached hydrogens (tertiary/aromatic N) is 1. The number of nitrogen functional groups attached to an aromatic ring is 1. The van der Waals surface area contributed by atoms with Crippen LogP contribution < -0.4 is 10.5 Å². The Morgan fingerprint density at radius 3 is 3.06 bits per heavy atom. The van der Waals surface area contributed by atoms with Crippen LogP contribution in [0.15, 0.2) is 42.6 Å². The fourth-order valence-corrected chi connectivity index (χ4v) is 1.53. The zero-order chi connectivity index (χ0) is 11.4. The number of pyridine rings is 1. The fraction of sp³-hybridized carbons (Fsp3) is 0.154. The van der Waals surface area contributed by atoms with E-state index in [2.05, 4.69) is 4.98 Å². The Kier molecular flexibility index (Phi) is 3.05. The maximum atomic E-state index is 5.85. The van der Waals surface area contributed by atoms with Crippen LogP contribution in [0.3, 0.4) is 0 Å². The van der Waals surface area contributed by atoms with Gasteiger partial charge in [0, 0.05) is 11.6 Å². The van der Waals surface area contributed by atoms with Gasteiger partial charge in [0.1, 0.15) is 12.4 Å². The summed E-state index contributed by atoms with van der Waals surface area (Å²) in [6, 6.07) is 7.54. The van der Waals surface area contributed by atoms with Gasteiger partial charge in [-0.3, -0.25) is 4.98 Å². The molecule has 0 aliphatic rings. The Morgan fingerprint density at radius 1 is 1.38 bits per heavy atom. The fourth-order valence-electron chi connectivity index (χ4n) is 1.53. The summed E-state index contributed by atoms with van der Waals surface area (Å²) in [7, 11) is 0. The molecule has 0 radical (unpaired) electrons. The Morgan fingerprint density at radius 2 is 2.25 bits per heavy atom. The quantitative estimate of drug-likeness (QED) is 0.631. The van der Waals surface area contributed by atoms with E-state index in [-0.39, 0.29) is 0 Å². The number of nitrogens with two attached hydrogens (primary N) is 1. The molecule has 0 amide bonds. The van der Waals surface area contributed by atoms with Crippen LogP contribution in [0.4, 0.5) is 5.69 Å². The van der Waals surface area contributed by atoms with Gasteiger partial charge in [0.05, 0.1) is 11.2 Å². The minimum atomic E-state index is 0.560. The zero-order valence-corrected chi connectivity index (χ0v) is 9.18. The van der Waals surface area contributed by atoms with E-state index in [1.54, 1.807) is 6.20 Å². The molecular weight excluding hydrogens is 200 g/mol. The molecule has 0 unspecified atom stereocenters. The van der Waals surface area contributed by atoms with Gasteiger partial charge in [-0.25, -0.2) is 0 Å². The lowest BCUT2D eigenvalue weighted by molar-refractivity contribution is 0.367. The molecule has 0 aliphatic heterocycles. The molecule has 0 saturated carbocycles. The van der Waals surface area contributed by atoms with Crippen LogP contribution in [-0.4, -0.2) is 11.6 Å². The predicted octanol–water partition coefficient (Wildman–Crippen LogP) is 2.77. The Hall–Kier alpha value is -2.03. The highest BCUT2D eigenvalue weighted by molar-refractivity contribution is 5.93. The van der Waals surface area contributed by atoms with Crippen LogP contribution in [0.2, 0.25) is 0 Å². The van der Waals surface area contributed by atoms with Gasteiger partial charge in [-0.1, -0.05) is 12.2 Å². The lowest BCUT2D eigenvalue weighted by atomic mass is 10.2. The molecule has 2 rings (SSSR count). The van der Waals surface area contributed by atoms with Crippen molar-refractivity contribution in [1.29, 1.82) is 0 Å². The number of hydrogen-bond donors (Lipinski definition) is 1. The van der Waals surface area contributed by atoms with E-state index < -0.39 is 0 Å². The minimum absolute atomic E-state index is 0.560. The normalized spacial score (nSPS) is 11.1. The maximum Gasteiger partial charge on any atom is 0.129 e. The number of allylic oxidation sites excluding steroid dienone is 1. The molecule has 16 heavy (non-hydrogen) atoms. The Balaban J connectivity index is 2.42. The maximum absolute atomic E-state index is 5.85. The molecule has 0 fully saturated rings. The molecule has 0 atom stereocenters. The third-order valence-electron chi connectivity index (χ3n) is 2.33. The van der Waals surface area contributed by atoms with Crippen LogP contribution >= 0.6 is 0 Å². The number of hydrogen-bond acceptors (Lipinski definition) is 3. The van der Waals surface area contributed by atoms with Crippen molar-refractivity contribution >= 4 is 16.6 Å². The highest BCUT2D eigenvalue weighted by Gasteiger charge is 2.04. The van der Waals surface area contributed by atoms with Gasteiger partial charge >= 0.3 is 0 Å². The summed E-state index contributed by atoms with van der Waals surface area (Å²) >= 11 is 0. The summed E-state index contributed by atoms with van der Waals surface area (Å²) < 4.78 is 5.63. The second kappa shape index (κ2) is 4.66. The van der Waals surface area contributed by atoms with Crippen LogP contribution in [-0.2, 0) is 0 Å². The number of anilines is 1. The molecule has 1 heterocycles. The second-order valence-corrected chi connectivity index (χ2v) is 3.43. The van der Waals surface area contributed by atoms with Crippen molar-refractivity contribution in [2.24, 2.45) is 0 Å². The van der Waals surface area contributed by atoms with Gasteiger partial charge in [0.15, 0.2) is 0 Å². The number of aromatic nitrogens is 1. The van der Waals surface area contributed by atoms with Crippen molar-refractivity contribution < 1.29 is 4.74 Å². The van der Waals surface area contributed by atoms with Gasteiger partial charge in [-0.15, -0.1) is 0 Å². The first kappa shape index (κ1) is 10.5. The average molecular weight is 214 g/mol. The number of ether oxygens (including phenoxy) is 1. The summed E-state index contributed by atoms with van der Waals surface area (Å²) in [4.78, 5) is 4.25. The molecule has 3 nitrogen and oxygen atoms in total. The molecule has 2 aromatic rings. The standard InChI is InChI=1S/C13H14N2O/c1-2-3-9-16-12-7-6-11(14)13-10(12)5-4-8-15-13/h2-8H,9,14H2,1H3/b3-2+. The molecule has 0 aliphatic carbocycles. The monoisotopic (exact) mass is 214 g/mol. The van der Waals surface area contributed by atoms with E-state index in [9.17, 15) is 0 Å². The van der Waals surface area contributed by atoms with Gasteiger partial charge in [-0.05, 0) is 31.2 Å². The molecule has 0 bridgehead atoms. The van der Waals surface area contributed by atoms with E-state index in [1.165, 1.54) is 0 Å². The topological polar surface area (TPSA) is 48.1 Å². The third-order valence-corrected chi connectivity index (χ3v) is 2.33. The highest BCUT2D eigenvalue weighted by Crippen LogP contribution is 2.28. The number of benzene rings is 1. The minimum Gasteiger partial charge on any atom is -0.489 e. The number of fused-ring (bicyclic) bond motifs is 1.